The van der Waals surface area contributed by atoms with Crippen molar-refractivity contribution in [3.63, 3.8) is 0 Å². The summed E-state index contributed by atoms with van der Waals surface area (Å²) in [6, 6.07) is 19.0. The van der Waals surface area contributed by atoms with Crippen LogP contribution in [0.15, 0.2) is 66.9 Å². The lowest BCUT2D eigenvalue weighted by atomic mass is 10.1. The average Bonchev–Trinajstić information content (AvgIpc) is 3.34. The number of hydrogen-bond acceptors (Lipinski definition) is 3. The number of nitrogens with zero attached hydrogens (tertiary/aromatic N) is 3. The Bertz CT molecular complexity index is 1100. The maximum Gasteiger partial charge on any atom is 0.274 e. The third kappa shape index (κ3) is 4.13. The van der Waals surface area contributed by atoms with Gasteiger partial charge in [0.25, 0.3) is 5.91 Å². The van der Waals surface area contributed by atoms with Crippen LogP contribution in [0.4, 0.5) is 5.82 Å². The highest BCUT2D eigenvalue weighted by atomic mass is 35.5. The summed E-state index contributed by atoms with van der Waals surface area (Å²) in [5.74, 6) is 0.188. The highest BCUT2D eigenvalue weighted by molar-refractivity contribution is 6.30. The fourth-order valence-corrected chi connectivity index (χ4v) is 2.91. The molecule has 0 unspecified atom stereocenters. The molecular formula is C21H18ClN5O. The van der Waals surface area contributed by atoms with E-state index in [9.17, 15) is 4.79 Å². The van der Waals surface area contributed by atoms with Crippen molar-refractivity contribution in [3.8, 4) is 11.3 Å². The zero-order valence-corrected chi connectivity index (χ0v) is 15.9. The van der Waals surface area contributed by atoms with Crippen molar-refractivity contribution in [1.29, 1.82) is 0 Å². The standard InChI is InChI=1S/C21H18ClN5O/c1-14-2-4-15(5-3-14)13-27-11-10-20(26-27)23-21(28)19-12-18(24-25-19)16-6-8-17(22)9-7-16/h2-12H,13H2,1H3,(H,24,25)(H,23,26,28). The summed E-state index contributed by atoms with van der Waals surface area (Å²) in [5.41, 5.74) is 4.27. The number of carbonyl (C=O) groups is 1. The topological polar surface area (TPSA) is 75.6 Å². The Labute approximate surface area is 167 Å². The number of rotatable bonds is 5. The summed E-state index contributed by atoms with van der Waals surface area (Å²) >= 11 is 5.90. The monoisotopic (exact) mass is 391 g/mol. The molecule has 2 aromatic carbocycles. The van der Waals surface area contributed by atoms with Crippen LogP contribution >= 0.6 is 11.6 Å². The Morgan fingerprint density at radius 2 is 1.86 bits per heavy atom. The molecule has 7 heteroatoms. The molecule has 0 fully saturated rings. The van der Waals surface area contributed by atoms with Crippen LogP contribution < -0.4 is 5.32 Å². The first-order valence-corrected chi connectivity index (χ1v) is 9.16. The van der Waals surface area contributed by atoms with Crippen LogP contribution in [0, 0.1) is 6.92 Å². The number of aryl methyl sites for hydroxylation is 1. The minimum absolute atomic E-state index is 0.298. The lowest BCUT2D eigenvalue weighted by molar-refractivity contribution is 0.102. The molecule has 28 heavy (non-hydrogen) atoms. The first kappa shape index (κ1) is 18.0. The molecule has 2 N–H and O–H groups in total. The van der Waals surface area contributed by atoms with Gasteiger partial charge in [-0.25, -0.2) is 0 Å². The number of anilines is 1. The van der Waals surface area contributed by atoms with Crippen LogP contribution in [-0.4, -0.2) is 25.9 Å². The largest absolute Gasteiger partial charge is 0.304 e. The molecule has 2 heterocycles. The van der Waals surface area contributed by atoms with Crippen molar-refractivity contribution < 1.29 is 4.79 Å². The summed E-state index contributed by atoms with van der Waals surface area (Å²) < 4.78 is 1.78. The lowest BCUT2D eigenvalue weighted by Gasteiger charge is -2.03. The Balaban J connectivity index is 1.42. The van der Waals surface area contributed by atoms with E-state index < -0.39 is 0 Å². The molecule has 4 rings (SSSR count). The maximum atomic E-state index is 12.5. The van der Waals surface area contributed by atoms with Crippen molar-refractivity contribution in [2.75, 3.05) is 5.32 Å². The number of carbonyl (C=O) groups excluding carboxylic acids is 1. The van der Waals surface area contributed by atoms with E-state index in [4.69, 9.17) is 11.6 Å². The highest BCUT2D eigenvalue weighted by Gasteiger charge is 2.12. The summed E-state index contributed by atoms with van der Waals surface area (Å²) in [6.07, 6.45) is 1.83. The highest BCUT2D eigenvalue weighted by Crippen LogP contribution is 2.20. The molecule has 6 nitrogen and oxygen atoms in total. The van der Waals surface area contributed by atoms with Gasteiger partial charge in [0.2, 0.25) is 0 Å². The predicted molar refractivity (Wildman–Crippen MR) is 109 cm³/mol. The first-order chi connectivity index (χ1) is 13.6. The Hall–Kier alpha value is -3.38. The van der Waals surface area contributed by atoms with Gasteiger partial charge in [-0.1, -0.05) is 53.6 Å². The smallest absolute Gasteiger partial charge is 0.274 e. The van der Waals surface area contributed by atoms with Crippen LogP contribution in [0.2, 0.25) is 5.02 Å². The van der Waals surface area contributed by atoms with Crippen LogP contribution in [0.3, 0.4) is 0 Å². The first-order valence-electron chi connectivity index (χ1n) is 8.78. The van der Waals surface area contributed by atoms with Crippen molar-refractivity contribution in [3.05, 3.63) is 88.7 Å². The quantitative estimate of drug-likeness (QED) is 0.524. The summed E-state index contributed by atoms with van der Waals surface area (Å²) in [7, 11) is 0. The minimum Gasteiger partial charge on any atom is -0.304 e. The zero-order chi connectivity index (χ0) is 19.5. The van der Waals surface area contributed by atoms with Crippen molar-refractivity contribution in [2.45, 2.75) is 13.5 Å². The van der Waals surface area contributed by atoms with Gasteiger partial charge in [0.1, 0.15) is 5.69 Å². The molecule has 4 aromatic rings. The summed E-state index contributed by atoms with van der Waals surface area (Å²) in [4.78, 5) is 12.5. The predicted octanol–water partition coefficient (Wildman–Crippen LogP) is 4.54. The molecule has 0 aliphatic rings. The van der Waals surface area contributed by atoms with E-state index in [1.165, 1.54) is 5.56 Å². The molecule has 1 amide bonds. The molecule has 0 bridgehead atoms. The zero-order valence-electron chi connectivity index (χ0n) is 15.2. The Kier molecular flexibility index (Phi) is 4.95. The molecule has 0 saturated carbocycles. The molecule has 2 aromatic heterocycles. The lowest BCUT2D eigenvalue weighted by Crippen LogP contribution is -2.13. The third-order valence-corrected chi connectivity index (χ3v) is 4.56. The second-order valence-corrected chi connectivity index (χ2v) is 6.95. The number of halogens is 1. The van der Waals surface area contributed by atoms with E-state index in [2.05, 4.69) is 51.8 Å². The molecule has 0 radical (unpaired) electrons. The van der Waals surface area contributed by atoms with Crippen LogP contribution in [0.5, 0.6) is 0 Å². The van der Waals surface area contributed by atoms with Crippen molar-refractivity contribution >= 4 is 23.3 Å². The van der Waals surface area contributed by atoms with Gasteiger partial charge in [0.15, 0.2) is 5.82 Å². The SMILES string of the molecule is Cc1ccc(Cn2ccc(NC(=O)c3cc(-c4ccc(Cl)cc4)n[nH]3)n2)cc1. The molecular weight excluding hydrogens is 374 g/mol. The number of hydrogen-bond donors (Lipinski definition) is 2. The van der Waals surface area contributed by atoms with Gasteiger partial charge >= 0.3 is 0 Å². The second kappa shape index (κ2) is 7.70. The van der Waals surface area contributed by atoms with E-state index in [1.54, 1.807) is 28.9 Å². The van der Waals surface area contributed by atoms with Crippen LogP contribution in [-0.2, 0) is 6.54 Å². The number of benzene rings is 2. The molecule has 140 valence electrons. The van der Waals surface area contributed by atoms with E-state index in [1.807, 2.05) is 18.3 Å². The van der Waals surface area contributed by atoms with Gasteiger partial charge in [0.05, 0.1) is 12.2 Å². The van der Waals surface area contributed by atoms with Gasteiger partial charge in [-0.15, -0.1) is 0 Å². The Morgan fingerprint density at radius 1 is 1.11 bits per heavy atom. The van der Waals surface area contributed by atoms with Gasteiger partial charge in [-0.05, 0) is 30.7 Å². The molecule has 0 aliphatic heterocycles. The van der Waals surface area contributed by atoms with Crippen LogP contribution in [0.1, 0.15) is 21.6 Å². The van der Waals surface area contributed by atoms with Gasteiger partial charge < -0.3 is 5.32 Å². The normalized spacial score (nSPS) is 10.8. The third-order valence-electron chi connectivity index (χ3n) is 4.31. The molecule has 0 atom stereocenters. The second-order valence-electron chi connectivity index (χ2n) is 6.51. The Morgan fingerprint density at radius 3 is 2.61 bits per heavy atom. The molecule has 0 saturated heterocycles. The number of aromatic nitrogens is 4. The fourth-order valence-electron chi connectivity index (χ4n) is 2.79. The summed E-state index contributed by atoms with van der Waals surface area (Å²) in [5, 5.41) is 14.8. The summed E-state index contributed by atoms with van der Waals surface area (Å²) in [6.45, 7) is 2.69. The fraction of sp³-hybridized carbons (Fsp3) is 0.0952. The van der Waals surface area contributed by atoms with E-state index >= 15 is 0 Å². The van der Waals surface area contributed by atoms with Crippen molar-refractivity contribution in [2.24, 2.45) is 0 Å². The number of nitrogens with one attached hydrogen (secondary N) is 2. The van der Waals surface area contributed by atoms with Gasteiger partial charge in [-0.2, -0.15) is 10.2 Å². The maximum absolute atomic E-state index is 12.5. The molecule has 0 aliphatic carbocycles. The number of aromatic amines is 1. The van der Waals surface area contributed by atoms with Gasteiger partial charge in [0, 0.05) is 22.8 Å². The number of H-pyrrole nitrogens is 1. The van der Waals surface area contributed by atoms with Gasteiger partial charge in [-0.3, -0.25) is 14.6 Å². The van der Waals surface area contributed by atoms with Crippen molar-refractivity contribution in [1.82, 2.24) is 20.0 Å². The number of amides is 1. The minimum atomic E-state index is -0.298. The van der Waals surface area contributed by atoms with E-state index in [0.717, 1.165) is 11.1 Å². The molecule has 0 spiro atoms. The van der Waals surface area contributed by atoms with E-state index in [-0.39, 0.29) is 5.91 Å². The van der Waals surface area contributed by atoms with E-state index in [0.29, 0.717) is 28.8 Å². The average molecular weight is 392 g/mol. The van der Waals surface area contributed by atoms with Crippen LogP contribution in [0.25, 0.3) is 11.3 Å².